The van der Waals surface area contributed by atoms with Crippen LogP contribution in [0.4, 0.5) is 0 Å². The summed E-state index contributed by atoms with van der Waals surface area (Å²) in [6, 6.07) is 0. The van der Waals surface area contributed by atoms with Gasteiger partial charge in [-0.15, -0.1) is 0 Å². The molecule has 0 aromatic heterocycles. The van der Waals surface area contributed by atoms with Crippen LogP contribution in [0, 0.1) is 5.92 Å². The Balaban J connectivity index is 2.51. The van der Waals surface area contributed by atoms with Crippen molar-refractivity contribution in [2.24, 2.45) is 5.92 Å². The summed E-state index contributed by atoms with van der Waals surface area (Å²) in [6.45, 7) is 5.53. The lowest BCUT2D eigenvalue weighted by Crippen LogP contribution is -2.53. The van der Waals surface area contributed by atoms with Crippen LogP contribution in [-0.4, -0.2) is 46.4 Å². The normalized spacial score (nSPS) is 17.4. The summed E-state index contributed by atoms with van der Waals surface area (Å²) in [4.78, 5) is 35.7. The molecule has 0 aromatic rings. The second-order valence-electron chi connectivity index (χ2n) is 5.20. The molecule has 0 bridgehead atoms. The Morgan fingerprint density at radius 2 is 1.72 bits per heavy atom. The molecule has 1 aliphatic heterocycles. The van der Waals surface area contributed by atoms with E-state index < -0.39 is 11.5 Å². The number of aliphatic carboxylic acids is 1. The van der Waals surface area contributed by atoms with E-state index in [-0.39, 0.29) is 17.7 Å². The predicted octanol–water partition coefficient (Wildman–Crippen LogP) is 0.224. The SMILES string of the molecule is CC(=O)N1CCC(C(=O)NC(C)(C)C(=O)O)CC1. The maximum absolute atomic E-state index is 11.9. The van der Waals surface area contributed by atoms with Crippen LogP contribution >= 0.6 is 0 Å². The van der Waals surface area contributed by atoms with Crippen molar-refractivity contribution >= 4 is 17.8 Å². The van der Waals surface area contributed by atoms with Gasteiger partial charge in [-0.05, 0) is 26.7 Å². The lowest BCUT2D eigenvalue weighted by molar-refractivity contribution is -0.147. The van der Waals surface area contributed by atoms with E-state index in [2.05, 4.69) is 5.32 Å². The van der Waals surface area contributed by atoms with Gasteiger partial charge < -0.3 is 15.3 Å². The van der Waals surface area contributed by atoms with Crippen molar-refractivity contribution in [3.8, 4) is 0 Å². The number of likely N-dealkylation sites (tertiary alicyclic amines) is 1. The van der Waals surface area contributed by atoms with Crippen molar-refractivity contribution in [1.29, 1.82) is 0 Å². The molecule has 102 valence electrons. The molecule has 0 atom stereocenters. The Labute approximate surface area is 106 Å². The minimum Gasteiger partial charge on any atom is -0.480 e. The molecule has 0 saturated carbocycles. The number of carbonyl (C=O) groups excluding carboxylic acids is 2. The molecule has 1 saturated heterocycles. The van der Waals surface area contributed by atoms with E-state index in [1.54, 1.807) is 4.90 Å². The summed E-state index contributed by atoms with van der Waals surface area (Å²) in [7, 11) is 0. The second kappa shape index (κ2) is 5.37. The van der Waals surface area contributed by atoms with Crippen molar-refractivity contribution in [3.05, 3.63) is 0 Å². The number of hydrogen-bond donors (Lipinski definition) is 2. The Kier molecular flexibility index (Phi) is 4.32. The van der Waals surface area contributed by atoms with E-state index in [1.807, 2.05) is 0 Å². The van der Waals surface area contributed by atoms with Crippen molar-refractivity contribution in [2.75, 3.05) is 13.1 Å². The molecular weight excluding hydrogens is 236 g/mol. The van der Waals surface area contributed by atoms with Gasteiger partial charge in [-0.2, -0.15) is 0 Å². The molecule has 1 rings (SSSR count). The zero-order valence-electron chi connectivity index (χ0n) is 11.0. The summed E-state index contributed by atoms with van der Waals surface area (Å²) < 4.78 is 0. The van der Waals surface area contributed by atoms with Crippen molar-refractivity contribution < 1.29 is 19.5 Å². The molecule has 0 unspecified atom stereocenters. The van der Waals surface area contributed by atoms with Crippen LogP contribution in [0.2, 0.25) is 0 Å². The topological polar surface area (TPSA) is 86.7 Å². The van der Waals surface area contributed by atoms with Crippen molar-refractivity contribution in [3.63, 3.8) is 0 Å². The zero-order chi connectivity index (χ0) is 13.9. The quantitative estimate of drug-likeness (QED) is 0.756. The number of carboxylic acid groups (broad SMARTS) is 1. The Morgan fingerprint density at radius 3 is 2.11 bits per heavy atom. The van der Waals surface area contributed by atoms with Gasteiger partial charge in [0, 0.05) is 25.9 Å². The lowest BCUT2D eigenvalue weighted by atomic mass is 9.94. The molecule has 1 fully saturated rings. The molecule has 1 heterocycles. The molecule has 0 radical (unpaired) electrons. The number of nitrogens with one attached hydrogen (secondary N) is 1. The number of nitrogens with zero attached hydrogens (tertiary/aromatic N) is 1. The van der Waals surface area contributed by atoms with Gasteiger partial charge in [0.1, 0.15) is 5.54 Å². The molecule has 0 aliphatic carbocycles. The van der Waals surface area contributed by atoms with Gasteiger partial charge in [0.2, 0.25) is 11.8 Å². The van der Waals surface area contributed by atoms with E-state index >= 15 is 0 Å². The standard InChI is InChI=1S/C12H20N2O4/c1-8(15)14-6-4-9(5-7-14)10(16)13-12(2,3)11(17)18/h9H,4-7H2,1-3H3,(H,13,16)(H,17,18). The highest BCUT2D eigenvalue weighted by molar-refractivity contribution is 5.87. The van der Waals surface area contributed by atoms with Crippen LogP contribution in [0.5, 0.6) is 0 Å². The first-order chi connectivity index (χ1) is 8.24. The first-order valence-corrected chi connectivity index (χ1v) is 6.05. The number of rotatable bonds is 3. The van der Waals surface area contributed by atoms with E-state index in [1.165, 1.54) is 20.8 Å². The summed E-state index contributed by atoms with van der Waals surface area (Å²) in [5.74, 6) is -1.50. The largest absolute Gasteiger partial charge is 0.480 e. The monoisotopic (exact) mass is 256 g/mol. The van der Waals surface area contributed by atoms with Gasteiger partial charge in [0.15, 0.2) is 0 Å². The van der Waals surface area contributed by atoms with Crippen LogP contribution in [-0.2, 0) is 14.4 Å². The summed E-state index contributed by atoms with van der Waals surface area (Å²) >= 11 is 0. The lowest BCUT2D eigenvalue weighted by Gasteiger charge is -2.32. The summed E-state index contributed by atoms with van der Waals surface area (Å²) in [5, 5.41) is 11.5. The number of carboxylic acids is 1. The van der Waals surface area contributed by atoms with Crippen molar-refractivity contribution in [1.82, 2.24) is 10.2 Å². The third-order valence-corrected chi connectivity index (χ3v) is 3.28. The van der Waals surface area contributed by atoms with Gasteiger partial charge >= 0.3 is 5.97 Å². The molecule has 1 aliphatic rings. The molecule has 0 aromatic carbocycles. The van der Waals surface area contributed by atoms with E-state index in [9.17, 15) is 14.4 Å². The fourth-order valence-corrected chi connectivity index (χ4v) is 1.92. The molecule has 2 N–H and O–H groups in total. The maximum Gasteiger partial charge on any atom is 0.328 e. The van der Waals surface area contributed by atoms with Gasteiger partial charge in [-0.1, -0.05) is 0 Å². The average Bonchev–Trinajstić information content (AvgIpc) is 2.28. The number of hydrogen-bond acceptors (Lipinski definition) is 3. The maximum atomic E-state index is 11.9. The first-order valence-electron chi connectivity index (χ1n) is 6.05. The van der Waals surface area contributed by atoms with Gasteiger partial charge in [0.05, 0.1) is 0 Å². The summed E-state index contributed by atoms with van der Waals surface area (Å²) in [6.07, 6.45) is 1.17. The van der Waals surface area contributed by atoms with Gasteiger partial charge in [0.25, 0.3) is 0 Å². The Bertz CT molecular complexity index is 357. The van der Waals surface area contributed by atoms with E-state index in [4.69, 9.17) is 5.11 Å². The minimum absolute atomic E-state index is 0.0136. The van der Waals surface area contributed by atoms with Crippen LogP contribution < -0.4 is 5.32 Å². The fourth-order valence-electron chi connectivity index (χ4n) is 1.92. The third-order valence-electron chi connectivity index (χ3n) is 3.28. The predicted molar refractivity (Wildman–Crippen MR) is 64.8 cm³/mol. The highest BCUT2D eigenvalue weighted by atomic mass is 16.4. The van der Waals surface area contributed by atoms with Gasteiger partial charge in [-0.25, -0.2) is 4.79 Å². The Morgan fingerprint density at radius 1 is 1.22 bits per heavy atom. The summed E-state index contributed by atoms with van der Waals surface area (Å²) in [5.41, 5.74) is -1.26. The number of piperidine rings is 1. The molecule has 6 nitrogen and oxygen atoms in total. The second-order valence-corrected chi connectivity index (χ2v) is 5.20. The van der Waals surface area contributed by atoms with E-state index in [0.29, 0.717) is 25.9 Å². The van der Waals surface area contributed by atoms with Crippen LogP contribution in [0.15, 0.2) is 0 Å². The van der Waals surface area contributed by atoms with E-state index in [0.717, 1.165) is 0 Å². The smallest absolute Gasteiger partial charge is 0.328 e. The van der Waals surface area contributed by atoms with Crippen LogP contribution in [0.25, 0.3) is 0 Å². The molecule has 0 spiro atoms. The fraction of sp³-hybridized carbons (Fsp3) is 0.750. The van der Waals surface area contributed by atoms with Crippen LogP contribution in [0.1, 0.15) is 33.6 Å². The number of carbonyl (C=O) groups is 3. The molecule has 6 heteroatoms. The van der Waals surface area contributed by atoms with Gasteiger partial charge in [-0.3, -0.25) is 9.59 Å². The molecule has 18 heavy (non-hydrogen) atoms. The molecular formula is C12H20N2O4. The third kappa shape index (κ3) is 3.45. The van der Waals surface area contributed by atoms with Crippen molar-refractivity contribution in [2.45, 2.75) is 39.2 Å². The molecule has 2 amide bonds. The van der Waals surface area contributed by atoms with Crippen LogP contribution in [0.3, 0.4) is 0 Å². The highest BCUT2D eigenvalue weighted by Gasteiger charge is 2.33. The average molecular weight is 256 g/mol. The zero-order valence-corrected chi connectivity index (χ0v) is 11.0. The Hall–Kier alpha value is -1.59. The minimum atomic E-state index is -1.26. The highest BCUT2D eigenvalue weighted by Crippen LogP contribution is 2.18. The number of amides is 2. The first kappa shape index (κ1) is 14.5.